The number of aryl methyl sites for hydroxylation is 1. The summed E-state index contributed by atoms with van der Waals surface area (Å²) in [6.07, 6.45) is 1.85. The Morgan fingerprint density at radius 3 is 2.14 bits per heavy atom. The zero-order chi connectivity index (χ0) is 19.9. The molecule has 0 fully saturated rings. The highest BCUT2D eigenvalue weighted by molar-refractivity contribution is 5.89. The summed E-state index contributed by atoms with van der Waals surface area (Å²) in [5.74, 6) is -0.244. The largest absolute Gasteiger partial charge is 0.489 e. The van der Waals surface area contributed by atoms with Crippen LogP contribution in [0.15, 0.2) is 72.8 Å². The molecule has 0 unspecified atom stereocenters. The Morgan fingerprint density at radius 2 is 1.57 bits per heavy atom. The van der Waals surface area contributed by atoms with Crippen molar-refractivity contribution in [3.63, 3.8) is 0 Å². The third kappa shape index (κ3) is 4.87. The highest BCUT2D eigenvalue weighted by atomic mass is 16.5. The Balaban J connectivity index is 1.66. The fourth-order valence-corrected chi connectivity index (χ4v) is 2.65. The van der Waals surface area contributed by atoms with Gasteiger partial charge in [0.25, 0.3) is 0 Å². The van der Waals surface area contributed by atoms with E-state index in [1.54, 1.807) is 24.3 Å². The van der Waals surface area contributed by atoms with Crippen molar-refractivity contribution in [2.45, 2.75) is 13.5 Å². The molecule has 28 heavy (non-hydrogen) atoms. The second-order valence-electron chi connectivity index (χ2n) is 6.40. The van der Waals surface area contributed by atoms with Crippen LogP contribution >= 0.6 is 0 Å². The maximum Gasteiger partial charge on any atom is 0.335 e. The molecule has 0 heterocycles. The first-order valence-electron chi connectivity index (χ1n) is 8.79. The van der Waals surface area contributed by atoms with Gasteiger partial charge in [0, 0.05) is 0 Å². The number of hydrogen-bond donors (Lipinski definition) is 1. The van der Waals surface area contributed by atoms with Gasteiger partial charge in [-0.1, -0.05) is 54.1 Å². The molecule has 0 spiro atoms. The maximum atomic E-state index is 10.9. The summed E-state index contributed by atoms with van der Waals surface area (Å²) >= 11 is 0. The average Bonchev–Trinajstić information content (AvgIpc) is 2.72. The van der Waals surface area contributed by atoms with Crippen LogP contribution in [-0.2, 0) is 6.61 Å². The van der Waals surface area contributed by atoms with Crippen LogP contribution < -0.4 is 4.74 Å². The van der Waals surface area contributed by atoms with Crippen molar-refractivity contribution in [2.75, 3.05) is 0 Å². The molecule has 3 aromatic rings. The molecule has 0 bridgehead atoms. The van der Waals surface area contributed by atoms with Gasteiger partial charge >= 0.3 is 5.97 Å². The van der Waals surface area contributed by atoms with Crippen LogP contribution in [0, 0.1) is 18.3 Å². The highest BCUT2D eigenvalue weighted by Crippen LogP contribution is 2.21. The molecule has 1 N–H and O–H groups in total. The van der Waals surface area contributed by atoms with E-state index in [2.05, 4.69) is 6.07 Å². The predicted octanol–water partition coefficient (Wildman–Crippen LogP) is 5.34. The quantitative estimate of drug-likeness (QED) is 0.470. The van der Waals surface area contributed by atoms with Gasteiger partial charge < -0.3 is 9.84 Å². The molecule has 0 radical (unpaired) electrons. The van der Waals surface area contributed by atoms with E-state index in [9.17, 15) is 10.1 Å². The van der Waals surface area contributed by atoms with Crippen molar-refractivity contribution in [1.82, 2.24) is 0 Å². The summed E-state index contributed by atoms with van der Waals surface area (Å²) in [6.45, 7) is 2.36. The molecule has 0 atom stereocenters. The minimum atomic E-state index is -0.946. The average molecular weight is 369 g/mol. The number of rotatable bonds is 6. The minimum Gasteiger partial charge on any atom is -0.489 e. The normalized spacial score (nSPS) is 10.9. The number of aromatic carboxylic acids is 1. The zero-order valence-corrected chi connectivity index (χ0v) is 15.4. The van der Waals surface area contributed by atoms with E-state index in [1.165, 1.54) is 0 Å². The molecule has 0 aliphatic carbocycles. The molecule has 0 aliphatic heterocycles. The van der Waals surface area contributed by atoms with Gasteiger partial charge in [-0.2, -0.15) is 5.26 Å². The predicted molar refractivity (Wildman–Crippen MR) is 109 cm³/mol. The van der Waals surface area contributed by atoms with Gasteiger partial charge in [-0.05, 0) is 54.0 Å². The lowest BCUT2D eigenvalue weighted by molar-refractivity contribution is 0.0697. The van der Waals surface area contributed by atoms with Crippen molar-refractivity contribution in [3.8, 4) is 11.8 Å². The van der Waals surface area contributed by atoms with Crippen LogP contribution in [0.4, 0.5) is 0 Å². The molecular formula is C24H19NO3. The number of benzene rings is 3. The smallest absolute Gasteiger partial charge is 0.335 e. The summed E-state index contributed by atoms with van der Waals surface area (Å²) in [5.41, 5.74) is 4.70. The summed E-state index contributed by atoms with van der Waals surface area (Å²) in [6, 6.07) is 24.2. The molecule has 3 rings (SSSR count). The van der Waals surface area contributed by atoms with Crippen LogP contribution in [0.25, 0.3) is 11.6 Å². The first kappa shape index (κ1) is 18.9. The zero-order valence-electron chi connectivity index (χ0n) is 15.4. The number of nitriles is 1. The molecule has 0 aliphatic rings. The number of hydrogen-bond acceptors (Lipinski definition) is 3. The van der Waals surface area contributed by atoms with Crippen LogP contribution in [0.2, 0.25) is 0 Å². The number of allylic oxidation sites excluding steroid dienone is 1. The number of carboxylic acids is 1. The van der Waals surface area contributed by atoms with Gasteiger partial charge in [0.2, 0.25) is 0 Å². The third-order valence-electron chi connectivity index (χ3n) is 4.28. The summed E-state index contributed by atoms with van der Waals surface area (Å²) < 4.78 is 5.74. The molecule has 0 aromatic heterocycles. The van der Waals surface area contributed by atoms with E-state index < -0.39 is 5.97 Å². The standard InChI is InChI=1S/C24H19NO3/c1-17-2-8-20(9-3-17)22(15-25)14-18-6-12-23(13-7-18)28-16-19-4-10-21(11-5-19)24(26)27/h2-14H,16H2,1H3,(H,26,27)/b22-14-. The van der Waals surface area contributed by atoms with Gasteiger partial charge in [-0.15, -0.1) is 0 Å². The topological polar surface area (TPSA) is 70.3 Å². The summed E-state index contributed by atoms with van der Waals surface area (Å²) in [4.78, 5) is 10.9. The number of carbonyl (C=O) groups is 1. The van der Waals surface area contributed by atoms with Gasteiger partial charge in [0.15, 0.2) is 0 Å². The second-order valence-corrected chi connectivity index (χ2v) is 6.40. The first-order chi connectivity index (χ1) is 13.5. The van der Waals surface area contributed by atoms with Gasteiger partial charge in [0.05, 0.1) is 17.2 Å². The van der Waals surface area contributed by atoms with Crippen molar-refractivity contribution in [1.29, 1.82) is 5.26 Å². The maximum absolute atomic E-state index is 10.9. The minimum absolute atomic E-state index is 0.252. The van der Waals surface area contributed by atoms with Crippen molar-refractivity contribution < 1.29 is 14.6 Å². The van der Waals surface area contributed by atoms with Crippen LogP contribution in [0.1, 0.15) is 32.6 Å². The lowest BCUT2D eigenvalue weighted by Crippen LogP contribution is -1.98. The third-order valence-corrected chi connectivity index (χ3v) is 4.28. The van der Waals surface area contributed by atoms with E-state index in [-0.39, 0.29) is 5.56 Å². The molecule has 0 saturated carbocycles. The van der Waals surface area contributed by atoms with Gasteiger partial charge in [-0.3, -0.25) is 0 Å². The molecule has 138 valence electrons. The van der Waals surface area contributed by atoms with Crippen molar-refractivity contribution in [2.24, 2.45) is 0 Å². The molecule has 4 heteroatoms. The fourth-order valence-electron chi connectivity index (χ4n) is 2.65. The van der Waals surface area contributed by atoms with Crippen LogP contribution in [0.3, 0.4) is 0 Å². The Bertz CT molecular complexity index is 1030. The Hall–Kier alpha value is -3.84. The Morgan fingerprint density at radius 1 is 0.964 bits per heavy atom. The molecule has 4 nitrogen and oxygen atoms in total. The van der Waals surface area contributed by atoms with Gasteiger partial charge in [0.1, 0.15) is 12.4 Å². The molecule has 0 saturated heterocycles. The van der Waals surface area contributed by atoms with Crippen molar-refractivity contribution >= 4 is 17.6 Å². The Labute approximate surface area is 164 Å². The van der Waals surface area contributed by atoms with Gasteiger partial charge in [-0.25, -0.2) is 4.79 Å². The second kappa shape index (κ2) is 8.70. The van der Waals surface area contributed by atoms with Crippen LogP contribution in [0.5, 0.6) is 5.75 Å². The van der Waals surface area contributed by atoms with Crippen molar-refractivity contribution in [3.05, 3.63) is 101 Å². The van der Waals surface area contributed by atoms with Crippen LogP contribution in [-0.4, -0.2) is 11.1 Å². The lowest BCUT2D eigenvalue weighted by atomic mass is 10.0. The molecule has 0 amide bonds. The Kier molecular flexibility index (Phi) is 5.88. The lowest BCUT2D eigenvalue weighted by Gasteiger charge is -2.07. The number of nitrogens with zero attached hydrogens (tertiary/aromatic N) is 1. The number of carboxylic acid groups (broad SMARTS) is 1. The highest BCUT2D eigenvalue weighted by Gasteiger charge is 2.03. The molecular weight excluding hydrogens is 350 g/mol. The van der Waals surface area contributed by atoms with E-state index in [4.69, 9.17) is 9.84 Å². The van der Waals surface area contributed by atoms with E-state index >= 15 is 0 Å². The number of ether oxygens (including phenoxy) is 1. The van der Waals surface area contributed by atoms with E-state index in [0.717, 1.165) is 22.3 Å². The summed E-state index contributed by atoms with van der Waals surface area (Å²) in [5, 5.41) is 18.4. The van der Waals surface area contributed by atoms with E-state index in [0.29, 0.717) is 17.9 Å². The summed E-state index contributed by atoms with van der Waals surface area (Å²) in [7, 11) is 0. The fraction of sp³-hybridized carbons (Fsp3) is 0.0833. The monoisotopic (exact) mass is 369 g/mol. The first-order valence-corrected chi connectivity index (χ1v) is 8.79. The van der Waals surface area contributed by atoms with E-state index in [1.807, 2.05) is 61.5 Å². The SMILES string of the molecule is Cc1ccc(/C(C#N)=C\c2ccc(OCc3ccc(C(=O)O)cc3)cc2)cc1. The molecule has 3 aromatic carbocycles.